The molecule has 4 N–H and O–H groups in total. The molecule has 2 heterocycles. The van der Waals surface area contributed by atoms with E-state index in [4.69, 9.17) is 21.4 Å². The maximum atomic E-state index is 14.9. The number of halogens is 6. The fraction of sp³-hybridized carbons (Fsp3) is 0.316. The fourth-order valence-electron chi connectivity index (χ4n) is 2.76. The molecule has 0 aliphatic carbocycles. The third-order valence-electron chi connectivity index (χ3n) is 4.56. The van der Waals surface area contributed by atoms with Crippen LogP contribution in [0.3, 0.4) is 0 Å². The molecule has 8 nitrogen and oxygen atoms in total. The van der Waals surface area contributed by atoms with Crippen LogP contribution in [0.1, 0.15) is 30.1 Å². The summed E-state index contributed by atoms with van der Waals surface area (Å²) in [6, 6.07) is 1.60. The SMILES string of the molecule is Cc1[nH]nc(Cl)c1NC(O)c1cc(F)c(-c2cnc(F)c(CO)n2)cc1O[C@@H](C)C(F)(F)F. The third kappa shape index (κ3) is 5.31. The van der Waals surface area contributed by atoms with Crippen molar-refractivity contribution in [3.63, 3.8) is 0 Å². The van der Waals surface area contributed by atoms with Gasteiger partial charge in [-0.25, -0.2) is 14.4 Å². The van der Waals surface area contributed by atoms with Crippen LogP contribution >= 0.6 is 11.6 Å². The van der Waals surface area contributed by atoms with Crippen LogP contribution in [0.15, 0.2) is 18.3 Å². The first-order chi connectivity index (χ1) is 15.4. The zero-order valence-corrected chi connectivity index (χ0v) is 17.8. The van der Waals surface area contributed by atoms with E-state index in [0.29, 0.717) is 5.69 Å². The molecule has 2 atom stereocenters. The minimum absolute atomic E-state index is 0.0621. The van der Waals surface area contributed by atoms with E-state index >= 15 is 0 Å². The van der Waals surface area contributed by atoms with Gasteiger partial charge in [-0.3, -0.25) is 5.10 Å². The molecule has 0 spiro atoms. The molecule has 0 saturated carbocycles. The normalized spacial score (nSPS) is 13.6. The zero-order valence-electron chi connectivity index (χ0n) is 17.0. The number of aliphatic hydroxyl groups is 2. The lowest BCUT2D eigenvalue weighted by molar-refractivity contribution is -0.189. The lowest BCUT2D eigenvalue weighted by Crippen LogP contribution is -2.31. The zero-order chi connectivity index (χ0) is 24.5. The highest BCUT2D eigenvalue weighted by Crippen LogP contribution is 2.37. The van der Waals surface area contributed by atoms with Crippen molar-refractivity contribution < 1.29 is 36.9 Å². The summed E-state index contributed by atoms with van der Waals surface area (Å²) in [7, 11) is 0. The maximum absolute atomic E-state index is 14.9. The molecule has 0 aliphatic heterocycles. The van der Waals surface area contributed by atoms with E-state index in [2.05, 4.69) is 25.5 Å². The van der Waals surface area contributed by atoms with E-state index in [1.165, 1.54) is 0 Å². The Hall–Kier alpha value is -3.03. The van der Waals surface area contributed by atoms with Gasteiger partial charge in [0.25, 0.3) is 0 Å². The van der Waals surface area contributed by atoms with Crippen LogP contribution in [0.2, 0.25) is 5.15 Å². The number of aromatic nitrogens is 4. The molecule has 1 unspecified atom stereocenters. The smallest absolute Gasteiger partial charge is 0.425 e. The van der Waals surface area contributed by atoms with Gasteiger partial charge >= 0.3 is 6.18 Å². The molecule has 178 valence electrons. The second kappa shape index (κ2) is 9.45. The van der Waals surface area contributed by atoms with Crippen molar-refractivity contribution in [1.82, 2.24) is 20.2 Å². The molecule has 0 amide bonds. The molecule has 0 bridgehead atoms. The second-order valence-electron chi connectivity index (χ2n) is 6.88. The van der Waals surface area contributed by atoms with Gasteiger partial charge in [0.1, 0.15) is 17.3 Å². The molecule has 0 fully saturated rings. The summed E-state index contributed by atoms with van der Waals surface area (Å²) in [6.45, 7) is 1.45. The van der Waals surface area contributed by atoms with Crippen molar-refractivity contribution in [3.8, 4) is 17.0 Å². The lowest BCUT2D eigenvalue weighted by atomic mass is 10.0. The quantitative estimate of drug-likeness (QED) is 0.290. The summed E-state index contributed by atoms with van der Waals surface area (Å²) in [5, 5.41) is 28.5. The van der Waals surface area contributed by atoms with Crippen molar-refractivity contribution >= 4 is 17.3 Å². The summed E-state index contributed by atoms with van der Waals surface area (Å²) >= 11 is 5.90. The summed E-state index contributed by atoms with van der Waals surface area (Å²) in [6.07, 6.45) is -8.01. The maximum Gasteiger partial charge on any atom is 0.425 e. The van der Waals surface area contributed by atoms with Crippen LogP contribution in [0.25, 0.3) is 11.3 Å². The number of aryl methyl sites for hydroxylation is 1. The highest BCUT2D eigenvalue weighted by molar-refractivity contribution is 6.32. The van der Waals surface area contributed by atoms with Crippen LogP contribution < -0.4 is 10.1 Å². The van der Waals surface area contributed by atoms with Gasteiger partial charge in [-0.2, -0.15) is 22.7 Å². The molecule has 0 radical (unpaired) electrons. The average molecular weight is 494 g/mol. The molecule has 0 aliphatic rings. The first kappa shape index (κ1) is 24.6. The van der Waals surface area contributed by atoms with E-state index in [-0.39, 0.29) is 22.1 Å². The number of nitrogens with zero attached hydrogens (tertiary/aromatic N) is 3. The van der Waals surface area contributed by atoms with Gasteiger partial charge in [0.2, 0.25) is 5.95 Å². The number of alkyl halides is 3. The van der Waals surface area contributed by atoms with Crippen molar-refractivity contribution in [2.24, 2.45) is 0 Å². The van der Waals surface area contributed by atoms with Crippen LogP contribution in [0, 0.1) is 18.7 Å². The highest BCUT2D eigenvalue weighted by atomic mass is 35.5. The van der Waals surface area contributed by atoms with Gasteiger partial charge in [-0.05, 0) is 26.0 Å². The number of aromatic amines is 1. The predicted octanol–water partition coefficient (Wildman–Crippen LogP) is 4.03. The Morgan fingerprint density at radius 1 is 1.27 bits per heavy atom. The number of H-pyrrole nitrogens is 1. The van der Waals surface area contributed by atoms with Gasteiger partial charge in [0.15, 0.2) is 17.5 Å². The van der Waals surface area contributed by atoms with E-state index < -0.39 is 53.9 Å². The number of benzene rings is 1. The Kier molecular flexibility index (Phi) is 7.05. The number of aliphatic hydroxyl groups excluding tert-OH is 2. The summed E-state index contributed by atoms with van der Waals surface area (Å²) in [5.41, 5.74) is -1.00. The molecule has 3 rings (SSSR count). The molecular weight excluding hydrogens is 477 g/mol. The Labute approximate surface area is 188 Å². The second-order valence-corrected chi connectivity index (χ2v) is 7.24. The fourth-order valence-corrected chi connectivity index (χ4v) is 3.00. The monoisotopic (exact) mass is 493 g/mol. The van der Waals surface area contributed by atoms with Crippen molar-refractivity contribution in [2.45, 2.75) is 39.0 Å². The first-order valence-electron chi connectivity index (χ1n) is 9.26. The Morgan fingerprint density at radius 2 is 1.97 bits per heavy atom. The minimum Gasteiger partial charge on any atom is -0.481 e. The van der Waals surface area contributed by atoms with E-state index in [1.807, 2.05) is 0 Å². The molecular formula is C19H17ClF5N5O3. The Bertz CT molecular complexity index is 1140. The van der Waals surface area contributed by atoms with E-state index in [9.17, 15) is 27.1 Å². The van der Waals surface area contributed by atoms with Gasteiger partial charge < -0.3 is 20.3 Å². The Balaban J connectivity index is 2.09. The van der Waals surface area contributed by atoms with Crippen LogP contribution in [-0.2, 0) is 6.61 Å². The van der Waals surface area contributed by atoms with Crippen molar-refractivity contribution in [1.29, 1.82) is 0 Å². The minimum atomic E-state index is -4.77. The van der Waals surface area contributed by atoms with E-state index in [0.717, 1.165) is 25.3 Å². The predicted molar refractivity (Wildman–Crippen MR) is 106 cm³/mol. The van der Waals surface area contributed by atoms with Crippen LogP contribution in [0.4, 0.5) is 27.6 Å². The van der Waals surface area contributed by atoms with Crippen LogP contribution in [0.5, 0.6) is 5.75 Å². The number of anilines is 1. The summed E-state index contributed by atoms with van der Waals surface area (Å²) in [5.74, 6) is -2.66. The van der Waals surface area contributed by atoms with Gasteiger partial charge in [0.05, 0.1) is 29.9 Å². The Morgan fingerprint density at radius 3 is 2.55 bits per heavy atom. The largest absolute Gasteiger partial charge is 0.481 e. The topological polar surface area (TPSA) is 116 Å². The van der Waals surface area contributed by atoms with Gasteiger partial charge in [-0.15, -0.1) is 0 Å². The number of ether oxygens (including phenoxy) is 1. The van der Waals surface area contributed by atoms with Crippen LogP contribution in [-0.4, -0.2) is 42.7 Å². The summed E-state index contributed by atoms with van der Waals surface area (Å²) in [4.78, 5) is 7.10. The molecule has 3 aromatic rings. The number of nitrogens with one attached hydrogen (secondary N) is 2. The number of rotatable bonds is 7. The number of hydrogen-bond acceptors (Lipinski definition) is 7. The molecule has 14 heteroatoms. The van der Waals surface area contributed by atoms with Gasteiger partial charge in [0, 0.05) is 11.1 Å². The first-order valence-corrected chi connectivity index (χ1v) is 9.64. The molecule has 0 saturated heterocycles. The third-order valence-corrected chi connectivity index (χ3v) is 4.84. The molecule has 1 aromatic carbocycles. The van der Waals surface area contributed by atoms with E-state index in [1.54, 1.807) is 6.92 Å². The van der Waals surface area contributed by atoms with Gasteiger partial charge in [-0.1, -0.05) is 11.6 Å². The molecule has 33 heavy (non-hydrogen) atoms. The average Bonchev–Trinajstić information content (AvgIpc) is 3.06. The molecule has 2 aromatic heterocycles. The van der Waals surface area contributed by atoms with Crippen molar-refractivity contribution in [3.05, 3.63) is 52.2 Å². The van der Waals surface area contributed by atoms with Crippen molar-refractivity contribution in [2.75, 3.05) is 5.32 Å². The highest BCUT2D eigenvalue weighted by Gasteiger charge is 2.39. The lowest BCUT2D eigenvalue weighted by Gasteiger charge is -2.23. The summed E-state index contributed by atoms with van der Waals surface area (Å²) < 4.78 is 72.8. The standard InChI is InChI=1S/C19H17ClF5N5O3/c1-7-15(16(20)30-29-7)28-18(32)10-3-11(21)9(4-14(10)33-8(2)19(23,24)25)12-5-26-17(22)13(6-31)27-12/h3-5,8,18,28,31-32H,6H2,1-2H3,(H,29,30)/t8-,18?/m0/s1. The number of hydrogen-bond donors (Lipinski definition) is 4.